The highest BCUT2D eigenvalue weighted by Gasteiger charge is 2.27. The van der Waals surface area contributed by atoms with Crippen LogP contribution < -0.4 is 4.74 Å². The number of nitrogens with zero attached hydrogens (tertiary/aromatic N) is 1. The molecule has 2 atom stereocenters. The first kappa shape index (κ1) is 13.8. The molecule has 1 aromatic carbocycles. The zero-order valence-electron chi connectivity index (χ0n) is 11.1. The standard InChI is InChI=1S/C14H18FNO3/c1-9-5-10(2)7-12(6-9)19-14-8-11(15)3-4-13(14)16(17)18/h3-4,8-10,12H,5-7H2,1-2H3. The molecule has 2 rings (SSSR count). The van der Waals surface area contributed by atoms with Gasteiger partial charge in [-0.05, 0) is 37.2 Å². The second kappa shape index (κ2) is 5.55. The summed E-state index contributed by atoms with van der Waals surface area (Å²) in [6.45, 7) is 4.29. The third kappa shape index (κ3) is 3.43. The SMILES string of the molecule is CC1CC(C)CC(Oc2cc(F)ccc2[N+](=O)[O-])C1. The van der Waals surface area contributed by atoms with E-state index in [1.165, 1.54) is 0 Å². The van der Waals surface area contributed by atoms with E-state index in [4.69, 9.17) is 4.74 Å². The second-order valence-electron chi connectivity index (χ2n) is 5.53. The van der Waals surface area contributed by atoms with Gasteiger partial charge in [-0.2, -0.15) is 0 Å². The minimum absolute atomic E-state index is 0.0382. The van der Waals surface area contributed by atoms with E-state index in [1.54, 1.807) is 0 Å². The largest absolute Gasteiger partial charge is 0.483 e. The molecule has 0 saturated heterocycles. The molecule has 0 spiro atoms. The van der Waals surface area contributed by atoms with Crippen LogP contribution in [0.4, 0.5) is 10.1 Å². The summed E-state index contributed by atoms with van der Waals surface area (Å²) in [7, 11) is 0. The first-order chi connectivity index (χ1) is 8.95. The van der Waals surface area contributed by atoms with Gasteiger partial charge in [-0.3, -0.25) is 10.1 Å². The molecule has 19 heavy (non-hydrogen) atoms. The lowest BCUT2D eigenvalue weighted by atomic mass is 9.82. The number of nitro benzene ring substituents is 1. The summed E-state index contributed by atoms with van der Waals surface area (Å²) in [5.41, 5.74) is -0.174. The van der Waals surface area contributed by atoms with Crippen LogP contribution in [0, 0.1) is 27.8 Å². The van der Waals surface area contributed by atoms with Crippen LogP contribution in [0.2, 0.25) is 0 Å². The first-order valence-corrected chi connectivity index (χ1v) is 6.56. The summed E-state index contributed by atoms with van der Waals surface area (Å²) in [6, 6.07) is 3.33. The van der Waals surface area contributed by atoms with Gasteiger partial charge in [0.1, 0.15) is 5.82 Å². The van der Waals surface area contributed by atoms with Crippen molar-refractivity contribution in [2.45, 2.75) is 39.2 Å². The molecular formula is C14H18FNO3. The van der Waals surface area contributed by atoms with Crippen molar-refractivity contribution in [1.82, 2.24) is 0 Å². The molecule has 1 aromatic rings. The molecule has 1 fully saturated rings. The van der Waals surface area contributed by atoms with E-state index in [1.807, 2.05) is 0 Å². The van der Waals surface area contributed by atoms with Gasteiger partial charge < -0.3 is 4.74 Å². The minimum Gasteiger partial charge on any atom is -0.483 e. The summed E-state index contributed by atoms with van der Waals surface area (Å²) in [4.78, 5) is 10.4. The van der Waals surface area contributed by atoms with Crippen LogP contribution in [-0.2, 0) is 0 Å². The van der Waals surface area contributed by atoms with Crippen LogP contribution in [0.3, 0.4) is 0 Å². The Morgan fingerprint density at radius 1 is 1.26 bits per heavy atom. The number of nitro groups is 1. The molecule has 1 aliphatic carbocycles. The summed E-state index contributed by atoms with van der Waals surface area (Å²) in [6.07, 6.45) is 2.79. The van der Waals surface area contributed by atoms with Crippen molar-refractivity contribution in [2.75, 3.05) is 0 Å². The maximum atomic E-state index is 13.2. The Kier molecular flexibility index (Phi) is 4.02. The smallest absolute Gasteiger partial charge is 0.311 e. The molecule has 0 radical (unpaired) electrons. The fraction of sp³-hybridized carbons (Fsp3) is 0.571. The van der Waals surface area contributed by atoms with Gasteiger partial charge in [-0.25, -0.2) is 4.39 Å². The molecule has 0 N–H and O–H groups in total. The average Bonchev–Trinajstić information content (AvgIpc) is 2.26. The van der Waals surface area contributed by atoms with Gasteiger partial charge in [0.2, 0.25) is 0 Å². The van der Waals surface area contributed by atoms with E-state index in [0.717, 1.165) is 37.5 Å². The van der Waals surface area contributed by atoms with E-state index in [0.29, 0.717) is 11.8 Å². The van der Waals surface area contributed by atoms with Crippen LogP contribution >= 0.6 is 0 Å². The Bertz CT molecular complexity index is 468. The van der Waals surface area contributed by atoms with Crippen molar-refractivity contribution in [1.29, 1.82) is 0 Å². The zero-order valence-corrected chi connectivity index (χ0v) is 11.1. The Morgan fingerprint density at radius 2 is 1.89 bits per heavy atom. The lowest BCUT2D eigenvalue weighted by Gasteiger charge is -2.31. The average molecular weight is 267 g/mol. The van der Waals surface area contributed by atoms with Crippen LogP contribution in [0.5, 0.6) is 5.75 Å². The maximum Gasteiger partial charge on any atom is 0.311 e. The molecule has 0 aromatic heterocycles. The fourth-order valence-electron chi connectivity index (χ4n) is 2.88. The molecule has 0 heterocycles. The van der Waals surface area contributed by atoms with Crippen LogP contribution in [0.25, 0.3) is 0 Å². The van der Waals surface area contributed by atoms with Crippen molar-refractivity contribution in [2.24, 2.45) is 11.8 Å². The Labute approximate surface area is 111 Å². The molecule has 0 aliphatic heterocycles. The third-order valence-corrected chi connectivity index (χ3v) is 3.55. The van der Waals surface area contributed by atoms with Crippen LogP contribution in [0.15, 0.2) is 18.2 Å². The Balaban J connectivity index is 2.18. The highest BCUT2D eigenvalue weighted by molar-refractivity contribution is 5.46. The van der Waals surface area contributed by atoms with Gasteiger partial charge in [0.05, 0.1) is 11.0 Å². The molecule has 0 bridgehead atoms. The predicted molar refractivity (Wildman–Crippen MR) is 69.6 cm³/mol. The van der Waals surface area contributed by atoms with Crippen molar-refractivity contribution < 1.29 is 14.1 Å². The molecular weight excluding hydrogens is 249 g/mol. The monoisotopic (exact) mass is 267 g/mol. The predicted octanol–water partition coefficient (Wildman–Crippen LogP) is 3.94. The number of rotatable bonds is 3. The Hall–Kier alpha value is -1.65. The van der Waals surface area contributed by atoms with E-state index in [-0.39, 0.29) is 17.5 Å². The normalized spacial score (nSPS) is 27.0. The molecule has 1 aliphatic rings. The molecule has 5 heteroatoms. The van der Waals surface area contributed by atoms with Crippen molar-refractivity contribution >= 4 is 5.69 Å². The molecule has 4 nitrogen and oxygen atoms in total. The summed E-state index contributed by atoms with van der Waals surface area (Å²) >= 11 is 0. The number of benzene rings is 1. The highest BCUT2D eigenvalue weighted by atomic mass is 19.1. The molecule has 2 unspecified atom stereocenters. The van der Waals surface area contributed by atoms with E-state index < -0.39 is 10.7 Å². The van der Waals surface area contributed by atoms with Gasteiger partial charge in [-0.1, -0.05) is 13.8 Å². The van der Waals surface area contributed by atoms with Gasteiger partial charge >= 0.3 is 5.69 Å². The minimum atomic E-state index is -0.537. The number of hydrogen-bond acceptors (Lipinski definition) is 3. The van der Waals surface area contributed by atoms with Gasteiger partial charge in [0.15, 0.2) is 5.75 Å². The molecule has 0 amide bonds. The fourth-order valence-corrected chi connectivity index (χ4v) is 2.88. The Morgan fingerprint density at radius 3 is 2.47 bits per heavy atom. The maximum absolute atomic E-state index is 13.2. The van der Waals surface area contributed by atoms with E-state index in [2.05, 4.69) is 13.8 Å². The van der Waals surface area contributed by atoms with Crippen LogP contribution in [0.1, 0.15) is 33.1 Å². The third-order valence-electron chi connectivity index (χ3n) is 3.55. The second-order valence-corrected chi connectivity index (χ2v) is 5.53. The summed E-state index contributed by atoms with van der Waals surface area (Å²) in [5.74, 6) is 0.580. The summed E-state index contributed by atoms with van der Waals surface area (Å²) < 4.78 is 18.9. The van der Waals surface area contributed by atoms with E-state index in [9.17, 15) is 14.5 Å². The number of halogens is 1. The van der Waals surface area contributed by atoms with Crippen molar-refractivity contribution in [3.63, 3.8) is 0 Å². The highest BCUT2D eigenvalue weighted by Crippen LogP contribution is 2.34. The topological polar surface area (TPSA) is 52.4 Å². The van der Waals surface area contributed by atoms with E-state index >= 15 is 0 Å². The van der Waals surface area contributed by atoms with Gasteiger partial charge in [-0.15, -0.1) is 0 Å². The van der Waals surface area contributed by atoms with Crippen molar-refractivity contribution in [3.05, 3.63) is 34.1 Å². The molecule has 1 saturated carbocycles. The number of ether oxygens (including phenoxy) is 1. The first-order valence-electron chi connectivity index (χ1n) is 6.56. The molecule has 104 valence electrons. The van der Waals surface area contributed by atoms with Crippen molar-refractivity contribution in [3.8, 4) is 5.75 Å². The quantitative estimate of drug-likeness (QED) is 0.615. The number of hydrogen-bond donors (Lipinski definition) is 0. The lowest BCUT2D eigenvalue weighted by molar-refractivity contribution is -0.386. The lowest BCUT2D eigenvalue weighted by Crippen LogP contribution is -2.28. The van der Waals surface area contributed by atoms with Crippen LogP contribution in [-0.4, -0.2) is 11.0 Å². The summed E-state index contributed by atoms with van der Waals surface area (Å²) in [5, 5.41) is 10.9. The zero-order chi connectivity index (χ0) is 14.0. The van der Waals surface area contributed by atoms with Gasteiger partial charge in [0.25, 0.3) is 0 Å². The van der Waals surface area contributed by atoms with Gasteiger partial charge in [0, 0.05) is 12.1 Å².